The van der Waals surface area contributed by atoms with E-state index in [4.69, 9.17) is 40.5 Å². The van der Waals surface area contributed by atoms with Crippen LogP contribution in [0.4, 0.5) is 11.6 Å². The molecule has 0 saturated heterocycles. The molecule has 0 aliphatic rings. The van der Waals surface area contributed by atoms with Crippen LogP contribution in [0.25, 0.3) is 0 Å². The average molecular weight is 353 g/mol. The average Bonchev–Trinajstić information content (AvgIpc) is 2.77. The number of nitrogens with zero attached hydrogens (tertiary/aromatic N) is 2. The Kier molecular flexibility index (Phi) is 4.98. The van der Waals surface area contributed by atoms with Crippen LogP contribution >= 0.6 is 46.6 Å². The highest BCUT2D eigenvalue weighted by molar-refractivity contribution is 7.99. The quantitative estimate of drug-likeness (QED) is 0.735. The summed E-state index contributed by atoms with van der Waals surface area (Å²) in [6, 6.07) is 2.99. The number of nitrogens with one attached hydrogen (secondary N) is 2. The molecule has 2 rings (SSSR count). The number of amides is 1. The Morgan fingerprint density at radius 1 is 1.35 bits per heavy atom. The highest BCUT2D eigenvalue weighted by Crippen LogP contribution is 2.33. The molecule has 1 aromatic heterocycles. The van der Waals surface area contributed by atoms with E-state index in [0.29, 0.717) is 15.9 Å². The minimum atomic E-state index is -0.301. The van der Waals surface area contributed by atoms with Gasteiger partial charge >= 0.3 is 0 Å². The van der Waals surface area contributed by atoms with E-state index in [-0.39, 0.29) is 27.7 Å². The lowest BCUT2D eigenvalue weighted by Crippen LogP contribution is -2.14. The van der Waals surface area contributed by atoms with Crippen LogP contribution in [0.5, 0.6) is 0 Å². The second-order valence-electron chi connectivity index (χ2n) is 3.58. The molecule has 0 atom stereocenters. The number of thioether (sulfide) groups is 1. The molecule has 1 aromatic carbocycles. The SMILES string of the molecule is Nc1nc(SCC(=O)Nc2c(Cl)cc(Cl)cc2Cl)n[nH]1. The third-order valence-electron chi connectivity index (χ3n) is 2.09. The first-order chi connectivity index (χ1) is 9.45. The molecular weight excluding hydrogens is 345 g/mol. The Hall–Kier alpha value is -1.15. The molecule has 0 fully saturated rings. The lowest BCUT2D eigenvalue weighted by molar-refractivity contribution is -0.113. The van der Waals surface area contributed by atoms with Gasteiger partial charge in [0.2, 0.25) is 17.0 Å². The van der Waals surface area contributed by atoms with Crippen LogP contribution in [-0.4, -0.2) is 26.8 Å². The minimum Gasteiger partial charge on any atom is -0.368 e. The van der Waals surface area contributed by atoms with Crippen molar-refractivity contribution in [1.29, 1.82) is 0 Å². The van der Waals surface area contributed by atoms with Crippen molar-refractivity contribution in [2.75, 3.05) is 16.8 Å². The Balaban J connectivity index is 1.98. The van der Waals surface area contributed by atoms with Crippen LogP contribution in [0.3, 0.4) is 0 Å². The molecule has 106 valence electrons. The number of rotatable bonds is 4. The number of anilines is 2. The monoisotopic (exact) mass is 351 g/mol. The van der Waals surface area contributed by atoms with Crippen molar-refractivity contribution in [1.82, 2.24) is 15.2 Å². The summed E-state index contributed by atoms with van der Waals surface area (Å²) in [6.45, 7) is 0. The van der Waals surface area contributed by atoms with Gasteiger partial charge < -0.3 is 11.1 Å². The molecule has 0 aliphatic heterocycles. The van der Waals surface area contributed by atoms with Gasteiger partial charge in [0, 0.05) is 5.02 Å². The van der Waals surface area contributed by atoms with Crippen molar-refractivity contribution in [2.24, 2.45) is 0 Å². The first-order valence-electron chi connectivity index (χ1n) is 5.21. The number of hydrogen-bond acceptors (Lipinski definition) is 5. The maximum atomic E-state index is 11.8. The Morgan fingerprint density at radius 2 is 2.00 bits per heavy atom. The lowest BCUT2D eigenvalue weighted by atomic mass is 10.3. The molecule has 0 aliphatic carbocycles. The number of aromatic nitrogens is 3. The van der Waals surface area contributed by atoms with Gasteiger partial charge in [-0.1, -0.05) is 46.6 Å². The van der Waals surface area contributed by atoms with Crippen molar-refractivity contribution in [3.63, 3.8) is 0 Å². The van der Waals surface area contributed by atoms with Crippen LogP contribution in [-0.2, 0) is 4.79 Å². The molecular formula is C10H8Cl3N5OS. The fourth-order valence-corrected chi connectivity index (χ4v) is 2.81. The van der Waals surface area contributed by atoms with E-state index in [1.54, 1.807) is 0 Å². The van der Waals surface area contributed by atoms with Gasteiger partial charge in [0.05, 0.1) is 21.5 Å². The molecule has 20 heavy (non-hydrogen) atoms. The number of halogens is 3. The molecule has 1 amide bonds. The van der Waals surface area contributed by atoms with Gasteiger partial charge in [-0.25, -0.2) is 5.10 Å². The number of hydrogen-bond donors (Lipinski definition) is 3. The first-order valence-corrected chi connectivity index (χ1v) is 7.32. The van der Waals surface area contributed by atoms with Crippen molar-refractivity contribution < 1.29 is 4.79 Å². The summed E-state index contributed by atoms with van der Waals surface area (Å²) in [5.74, 6) is -0.0201. The second-order valence-corrected chi connectivity index (χ2v) is 5.78. The second kappa shape index (κ2) is 6.53. The van der Waals surface area contributed by atoms with Crippen molar-refractivity contribution in [3.05, 3.63) is 27.2 Å². The smallest absolute Gasteiger partial charge is 0.234 e. The molecule has 0 bridgehead atoms. The van der Waals surface area contributed by atoms with Gasteiger partial charge in [-0.2, -0.15) is 4.98 Å². The summed E-state index contributed by atoms with van der Waals surface area (Å²) in [6.07, 6.45) is 0. The van der Waals surface area contributed by atoms with Gasteiger partial charge in [0.1, 0.15) is 0 Å². The predicted molar refractivity (Wildman–Crippen MR) is 81.6 cm³/mol. The van der Waals surface area contributed by atoms with Gasteiger partial charge in [0.25, 0.3) is 0 Å². The third kappa shape index (κ3) is 3.92. The van der Waals surface area contributed by atoms with Crippen LogP contribution < -0.4 is 11.1 Å². The topological polar surface area (TPSA) is 96.7 Å². The standard InChI is InChI=1S/C10H8Cl3N5OS/c11-4-1-5(12)8(6(13)2-4)15-7(19)3-20-10-16-9(14)17-18-10/h1-2H,3H2,(H,15,19)(H3,14,16,17,18). The Labute approximate surface area is 133 Å². The van der Waals surface area contributed by atoms with Crippen molar-refractivity contribution >= 4 is 64.1 Å². The highest BCUT2D eigenvalue weighted by Gasteiger charge is 2.12. The molecule has 0 spiro atoms. The van der Waals surface area contributed by atoms with Crippen LogP contribution in [0.2, 0.25) is 15.1 Å². The van der Waals surface area contributed by atoms with Gasteiger partial charge in [-0.15, -0.1) is 5.10 Å². The Morgan fingerprint density at radius 3 is 2.55 bits per heavy atom. The normalized spacial score (nSPS) is 10.6. The largest absolute Gasteiger partial charge is 0.368 e. The Bertz CT molecular complexity index is 625. The summed E-state index contributed by atoms with van der Waals surface area (Å²) in [5, 5.41) is 10.2. The molecule has 4 N–H and O–H groups in total. The number of H-pyrrole nitrogens is 1. The molecule has 0 radical (unpaired) electrons. The van der Waals surface area contributed by atoms with E-state index in [0.717, 1.165) is 11.8 Å². The molecule has 2 aromatic rings. The molecule has 6 nitrogen and oxygen atoms in total. The molecule has 1 heterocycles. The van der Waals surface area contributed by atoms with Crippen LogP contribution in [0, 0.1) is 0 Å². The number of nitrogens with two attached hydrogens (primary N) is 1. The minimum absolute atomic E-state index is 0.0899. The number of carbonyl (C=O) groups excluding carboxylic acids is 1. The fourth-order valence-electron chi connectivity index (χ4n) is 1.29. The summed E-state index contributed by atoms with van der Waals surface area (Å²) < 4.78 is 0. The predicted octanol–water partition coefficient (Wildman–Crippen LogP) is 3.08. The van der Waals surface area contributed by atoms with E-state index >= 15 is 0 Å². The number of benzene rings is 1. The lowest BCUT2D eigenvalue weighted by Gasteiger charge is -2.09. The van der Waals surface area contributed by atoms with E-state index in [2.05, 4.69) is 20.5 Å². The zero-order valence-electron chi connectivity index (χ0n) is 9.78. The summed E-state index contributed by atoms with van der Waals surface area (Å²) >= 11 is 18.8. The van der Waals surface area contributed by atoms with E-state index < -0.39 is 0 Å². The van der Waals surface area contributed by atoms with E-state index in [1.807, 2.05) is 0 Å². The summed E-state index contributed by atoms with van der Waals surface area (Å²) in [5.41, 5.74) is 5.69. The summed E-state index contributed by atoms with van der Waals surface area (Å²) in [7, 11) is 0. The zero-order chi connectivity index (χ0) is 14.7. The number of nitrogen functional groups attached to an aromatic ring is 1. The first kappa shape index (κ1) is 15.2. The van der Waals surface area contributed by atoms with E-state index in [1.165, 1.54) is 12.1 Å². The van der Waals surface area contributed by atoms with E-state index in [9.17, 15) is 4.79 Å². The third-order valence-corrected chi connectivity index (χ3v) is 3.75. The fraction of sp³-hybridized carbons (Fsp3) is 0.100. The molecule has 10 heteroatoms. The van der Waals surface area contributed by atoms with Gasteiger partial charge in [-0.05, 0) is 12.1 Å². The highest BCUT2D eigenvalue weighted by atomic mass is 35.5. The van der Waals surface area contributed by atoms with Crippen molar-refractivity contribution in [2.45, 2.75) is 5.16 Å². The zero-order valence-corrected chi connectivity index (χ0v) is 12.9. The number of aromatic amines is 1. The van der Waals surface area contributed by atoms with Gasteiger partial charge in [-0.3, -0.25) is 4.79 Å². The molecule has 0 saturated carbocycles. The van der Waals surface area contributed by atoms with Gasteiger partial charge in [0.15, 0.2) is 0 Å². The summed E-state index contributed by atoms with van der Waals surface area (Å²) in [4.78, 5) is 15.7. The van der Waals surface area contributed by atoms with Crippen LogP contribution in [0.15, 0.2) is 17.3 Å². The van der Waals surface area contributed by atoms with Crippen molar-refractivity contribution in [3.8, 4) is 0 Å². The maximum Gasteiger partial charge on any atom is 0.234 e. The van der Waals surface area contributed by atoms with Crippen LogP contribution in [0.1, 0.15) is 0 Å². The number of carbonyl (C=O) groups is 1. The maximum absolute atomic E-state index is 11.8. The molecule has 0 unspecified atom stereocenters.